The van der Waals surface area contributed by atoms with Crippen LogP contribution in [0.25, 0.3) is 0 Å². The Balaban J connectivity index is 3.68. The summed E-state index contributed by atoms with van der Waals surface area (Å²) in [4.78, 5) is 0. The van der Waals surface area contributed by atoms with E-state index in [2.05, 4.69) is 26.1 Å². The topological polar surface area (TPSA) is 21.3 Å². The van der Waals surface area contributed by atoms with Gasteiger partial charge in [-0.1, -0.05) is 52.4 Å². The molecule has 17 heavy (non-hydrogen) atoms. The van der Waals surface area contributed by atoms with Crippen molar-refractivity contribution in [3.8, 4) is 0 Å². The first kappa shape index (κ1) is 16.9. The molecule has 1 unspecified atom stereocenters. The maximum absolute atomic E-state index is 5.34. The maximum atomic E-state index is 5.34. The third-order valence-electron chi connectivity index (χ3n) is 3.35. The molecule has 0 bridgehead atoms. The zero-order valence-corrected chi connectivity index (χ0v) is 12.5. The van der Waals surface area contributed by atoms with Crippen LogP contribution in [-0.4, -0.2) is 25.8 Å². The molecular formula is C15H33NO. The van der Waals surface area contributed by atoms with Crippen molar-refractivity contribution in [2.45, 2.75) is 77.7 Å². The van der Waals surface area contributed by atoms with Crippen LogP contribution in [0.15, 0.2) is 0 Å². The predicted molar refractivity (Wildman–Crippen MR) is 76.6 cm³/mol. The molecule has 0 aromatic carbocycles. The molecule has 0 radical (unpaired) electrons. The zero-order chi connectivity index (χ0) is 13.0. The van der Waals surface area contributed by atoms with Gasteiger partial charge in [0.05, 0.1) is 6.61 Å². The lowest BCUT2D eigenvalue weighted by molar-refractivity contribution is 0.111. The van der Waals surface area contributed by atoms with Crippen LogP contribution in [0.2, 0.25) is 0 Å². The van der Waals surface area contributed by atoms with Crippen molar-refractivity contribution in [2.24, 2.45) is 0 Å². The van der Waals surface area contributed by atoms with Crippen LogP contribution in [0.4, 0.5) is 0 Å². The van der Waals surface area contributed by atoms with Crippen molar-refractivity contribution in [3.63, 3.8) is 0 Å². The fourth-order valence-electron chi connectivity index (χ4n) is 2.25. The second kappa shape index (κ2) is 11.0. The molecule has 0 fully saturated rings. The average Bonchev–Trinajstić information content (AvgIpc) is 2.32. The summed E-state index contributed by atoms with van der Waals surface area (Å²) in [6, 6.07) is 0. The number of hydrogen-bond acceptors (Lipinski definition) is 2. The van der Waals surface area contributed by atoms with E-state index in [9.17, 15) is 0 Å². The predicted octanol–water partition coefficient (Wildman–Crippen LogP) is 4.14. The van der Waals surface area contributed by atoms with E-state index in [1.54, 1.807) is 7.11 Å². The van der Waals surface area contributed by atoms with Gasteiger partial charge in [0.15, 0.2) is 0 Å². The second-order valence-electron chi connectivity index (χ2n) is 5.44. The third-order valence-corrected chi connectivity index (χ3v) is 3.35. The molecule has 0 aliphatic carbocycles. The summed E-state index contributed by atoms with van der Waals surface area (Å²) in [7, 11) is 1.80. The summed E-state index contributed by atoms with van der Waals surface area (Å²) in [5, 5.41) is 3.62. The van der Waals surface area contributed by atoms with E-state index in [0.29, 0.717) is 0 Å². The lowest BCUT2D eigenvalue weighted by Crippen LogP contribution is -2.46. The van der Waals surface area contributed by atoms with Crippen molar-refractivity contribution in [3.05, 3.63) is 0 Å². The van der Waals surface area contributed by atoms with Gasteiger partial charge >= 0.3 is 0 Å². The molecule has 2 heteroatoms. The molecule has 0 saturated carbocycles. The molecule has 2 nitrogen and oxygen atoms in total. The summed E-state index contributed by atoms with van der Waals surface area (Å²) in [6.07, 6.45) is 10.6. The van der Waals surface area contributed by atoms with Gasteiger partial charge in [0.2, 0.25) is 0 Å². The molecule has 1 N–H and O–H groups in total. The van der Waals surface area contributed by atoms with Crippen molar-refractivity contribution >= 4 is 0 Å². The van der Waals surface area contributed by atoms with Crippen molar-refractivity contribution < 1.29 is 4.74 Å². The number of rotatable bonds is 12. The Morgan fingerprint density at radius 2 is 1.59 bits per heavy atom. The summed E-state index contributed by atoms with van der Waals surface area (Å²) in [5.74, 6) is 0. The highest BCUT2D eigenvalue weighted by Crippen LogP contribution is 2.16. The van der Waals surface area contributed by atoms with Gasteiger partial charge in [-0.05, 0) is 26.3 Å². The minimum atomic E-state index is 0.176. The first-order valence-corrected chi connectivity index (χ1v) is 7.42. The lowest BCUT2D eigenvalue weighted by Gasteiger charge is -2.30. The van der Waals surface area contributed by atoms with E-state index in [1.807, 2.05) is 0 Å². The lowest BCUT2D eigenvalue weighted by atomic mass is 9.94. The Labute approximate surface area is 109 Å². The molecular weight excluding hydrogens is 210 g/mol. The molecule has 0 heterocycles. The van der Waals surface area contributed by atoms with Crippen molar-refractivity contribution in [2.75, 3.05) is 20.3 Å². The van der Waals surface area contributed by atoms with E-state index < -0.39 is 0 Å². The standard InChI is InChI=1S/C15H33NO/c1-5-7-8-9-10-11-12-15(3,14-17-4)16-13-6-2/h16H,5-14H2,1-4H3. The summed E-state index contributed by atoms with van der Waals surface area (Å²) < 4.78 is 5.34. The van der Waals surface area contributed by atoms with Gasteiger partial charge in [-0.25, -0.2) is 0 Å². The number of ether oxygens (including phenoxy) is 1. The van der Waals surface area contributed by atoms with Gasteiger partial charge in [0.25, 0.3) is 0 Å². The van der Waals surface area contributed by atoms with Crippen molar-refractivity contribution in [1.82, 2.24) is 5.32 Å². The molecule has 0 aliphatic rings. The van der Waals surface area contributed by atoms with Gasteiger partial charge in [-0.3, -0.25) is 0 Å². The maximum Gasteiger partial charge on any atom is 0.0641 e. The zero-order valence-electron chi connectivity index (χ0n) is 12.5. The number of methoxy groups -OCH3 is 1. The molecule has 104 valence electrons. The quantitative estimate of drug-likeness (QED) is 0.520. The Morgan fingerprint density at radius 3 is 2.18 bits per heavy atom. The highest BCUT2D eigenvalue weighted by Gasteiger charge is 2.22. The first-order valence-electron chi connectivity index (χ1n) is 7.42. The summed E-state index contributed by atoms with van der Waals surface area (Å²) in [6.45, 7) is 8.69. The van der Waals surface area contributed by atoms with E-state index >= 15 is 0 Å². The Bertz CT molecular complexity index is 161. The smallest absolute Gasteiger partial charge is 0.0641 e. The van der Waals surface area contributed by atoms with Crippen LogP contribution >= 0.6 is 0 Å². The van der Waals surface area contributed by atoms with Crippen molar-refractivity contribution in [1.29, 1.82) is 0 Å². The molecule has 0 aromatic heterocycles. The molecule has 0 spiro atoms. The fourth-order valence-corrected chi connectivity index (χ4v) is 2.25. The van der Waals surface area contributed by atoms with Gasteiger partial charge in [0.1, 0.15) is 0 Å². The third kappa shape index (κ3) is 9.61. The van der Waals surface area contributed by atoms with Crippen LogP contribution in [0, 0.1) is 0 Å². The normalized spacial score (nSPS) is 14.8. The largest absolute Gasteiger partial charge is 0.383 e. The van der Waals surface area contributed by atoms with E-state index in [-0.39, 0.29) is 5.54 Å². The SMILES string of the molecule is CCCCCCCCC(C)(COC)NCCC. The van der Waals surface area contributed by atoms with Gasteiger partial charge in [0, 0.05) is 12.6 Å². The van der Waals surface area contributed by atoms with Crippen LogP contribution in [0.1, 0.15) is 72.1 Å². The molecule has 0 rings (SSSR count). The second-order valence-corrected chi connectivity index (χ2v) is 5.44. The van der Waals surface area contributed by atoms with Crippen LogP contribution in [0.5, 0.6) is 0 Å². The van der Waals surface area contributed by atoms with E-state index in [1.165, 1.54) is 51.4 Å². The van der Waals surface area contributed by atoms with Crippen LogP contribution in [0.3, 0.4) is 0 Å². The fraction of sp³-hybridized carbons (Fsp3) is 1.00. The van der Waals surface area contributed by atoms with E-state index in [4.69, 9.17) is 4.74 Å². The Hall–Kier alpha value is -0.0800. The molecule has 0 saturated heterocycles. The van der Waals surface area contributed by atoms with Crippen LogP contribution < -0.4 is 5.32 Å². The Kier molecular flexibility index (Phi) is 11.0. The minimum Gasteiger partial charge on any atom is -0.383 e. The summed E-state index contributed by atoms with van der Waals surface area (Å²) in [5.41, 5.74) is 0.176. The Morgan fingerprint density at radius 1 is 0.941 bits per heavy atom. The van der Waals surface area contributed by atoms with Crippen LogP contribution in [-0.2, 0) is 4.74 Å². The first-order chi connectivity index (χ1) is 8.18. The highest BCUT2D eigenvalue weighted by molar-refractivity contribution is 4.82. The monoisotopic (exact) mass is 243 g/mol. The number of nitrogens with one attached hydrogen (secondary N) is 1. The molecule has 0 aromatic rings. The minimum absolute atomic E-state index is 0.176. The summed E-state index contributed by atoms with van der Waals surface area (Å²) >= 11 is 0. The number of unbranched alkanes of at least 4 members (excludes halogenated alkanes) is 5. The molecule has 0 aliphatic heterocycles. The van der Waals surface area contributed by atoms with E-state index in [0.717, 1.165) is 13.2 Å². The number of hydrogen-bond donors (Lipinski definition) is 1. The van der Waals surface area contributed by atoms with Gasteiger partial charge in [-0.2, -0.15) is 0 Å². The van der Waals surface area contributed by atoms with Gasteiger partial charge in [-0.15, -0.1) is 0 Å². The molecule has 0 amide bonds. The average molecular weight is 243 g/mol. The highest BCUT2D eigenvalue weighted by atomic mass is 16.5. The molecule has 1 atom stereocenters. The van der Waals surface area contributed by atoms with Gasteiger partial charge < -0.3 is 10.1 Å².